The van der Waals surface area contributed by atoms with Crippen molar-refractivity contribution in [2.24, 2.45) is 0 Å². The number of hydrogen-bond donors (Lipinski definition) is 2. The van der Waals surface area contributed by atoms with Crippen molar-refractivity contribution in [1.82, 2.24) is 0 Å². The van der Waals surface area contributed by atoms with Crippen LogP contribution in [0.5, 0.6) is 5.75 Å². The number of methoxy groups -OCH3 is 1. The van der Waals surface area contributed by atoms with Gasteiger partial charge >= 0.3 is 0 Å². The minimum absolute atomic E-state index is 0.135. The van der Waals surface area contributed by atoms with Crippen LogP contribution in [0, 0.1) is 5.82 Å². The number of fused-ring (bicyclic) bond motifs is 1. The molecule has 126 valence electrons. The number of rotatable bonds is 3. The summed E-state index contributed by atoms with van der Waals surface area (Å²) in [5, 5.41) is 6.14. The molecule has 6 heteroatoms. The van der Waals surface area contributed by atoms with E-state index >= 15 is 0 Å². The first kappa shape index (κ1) is 16.6. The summed E-state index contributed by atoms with van der Waals surface area (Å²) in [7, 11) is 1.49. The summed E-state index contributed by atoms with van der Waals surface area (Å²) in [5.74, 6) is 0.0977. The fourth-order valence-electron chi connectivity index (χ4n) is 2.84. The van der Waals surface area contributed by atoms with E-state index in [2.05, 4.69) is 10.6 Å². The molecule has 2 aromatic rings. The van der Waals surface area contributed by atoms with E-state index in [1.54, 1.807) is 6.07 Å². The highest BCUT2D eigenvalue weighted by atomic mass is 35.5. The summed E-state index contributed by atoms with van der Waals surface area (Å²) in [5.41, 5.74) is 3.03. The Hall–Kier alpha value is -2.27. The fourth-order valence-corrected chi connectivity index (χ4v) is 3.11. The Labute approximate surface area is 145 Å². The zero-order chi connectivity index (χ0) is 17.5. The van der Waals surface area contributed by atoms with Crippen LogP contribution < -0.4 is 15.4 Å². The van der Waals surface area contributed by atoms with Crippen LogP contribution in [-0.4, -0.2) is 18.6 Å². The standard InChI is InChI=1S/C18H18ClFN2O2/c1-18(2)17(23)21-16-13(9-19)11(6-7-14(16)22-18)12-5-4-10(20)8-15(12)24-3/h4-8,22H,9H2,1-3H3,(H,21,23). The van der Waals surface area contributed by atoms with Crippen molar-refractivity contribution in [1.29, 1.82) is 0 Å². The molecule has 0 fully saturated rings. The summed E-state index contributed by atoms with van der Waals surface area (Å²) in [6.45, 7) is 3.62. The molecule has 0 spiro atoms. The molecule has 0 saturated carbocycles. The van der Waals surface area contributed by atoms with E-state index in [0.717, 1.165) is 22.4 Å². The summed E-state index contributed by atoms with van der Waals surface area (Å²) < 4.78 is 18.8. The number of hydrogen-bond acceptors (Lipinski definition) is 3. The molecule has 24 heavy (non-hydrogen) atoms. The van der Waals surface area contributed by atoms with Crippen LogP contribution in [0.2, 0.25) is 0 Å². The Bertz CT molecular complexity index is 821. The topological polar surface area (TPSA) is 50.4 Å². The molecule has 4 nitrogen and oxygen atoms in total. The molecule has 3 rings (SSSR count). The van der Waals surface area contributed by atoms with Gasteiger partial charge in [-0.2, -0.15) is 0 Å². The summed E-state index contributed by atoms with van der Waals surface area (Å²) in [6.07, 6.45) is 0. The van der Waals surface area contributed by atoms with Crippen LogP contribution in [0.15, 0.2) is 30.3 Å². The molecule has 0 radical (unpaired) electrons. The lowest BCUT2D eigenvalue weighted by Gasteiger charge is -2.34. The quantitative estimate of drug-likeness (QED) is 0.809. The lowest BCUT2D eigenvalue weighted by atomic mass is 9.93. The molecule has 0 bridgehead atoms. The molecule has 1 aliphatic rings. The normalized spacial score (nSPS) is 15.3. The van der Waals surface area contributed by atoms with Gasteiger partial charge in [0.15, 0.2) is 0 Å². The zero-order valence-corrected chi connectivity index (χ0v) is 14.4. The molecular formula is C18H18ClFN2O2. The Kier molecular flexibility index (Phi) is 4.13. The highest BCUT2D eigenvalue weighted by Crippen LogP contribution is 2.42. The van der Waals surface area contributed by atoms with Crippen molar-refractivity contribution in [2.45, 2.75) is 25.3 Å². The number of halogens is 2. The predicted octanol–water partition coefficient (Wildman–Crippen LogP) is 4.38. The van der Waals surface area contributed by atoms with Gasteiger partial charge in [0, 0.05) is 17.2 Å². The van der Waals surface area contributed by atoms with Gasteiger partial charge in [-0.15, -0.1) is 11.6 Å². The number of ether oxygens (including phenoxy) is 1. The van der Waals surface area contributed by atoms with Gasteiger partial charge in [0.1, 0.15) is 17.1 Å². The van der Waals surface area contributed by atoms with Crippen molar-refractivity contribution in [3.05, 3.63) is 41.7 Å². The number of carbonyl (C=O) groups excluding carboxylic acids is 1. The third kappa shape index (κ3) is 2.69. The molecule has 0 saturated heterocycles. The molecule has 0 unspecified atom stereocenters. The van der Waals surface area contributed by atoms with E-state index in [4.69, 9.17) is 16.3 Å². The molecule has 2 N–H and O–H groups in total. The van der Waals surface area contributed by atoms with Gasteiger partial charge in [-0.1, -0.05) is 6.07 Å². The Morgan fingerprint density at radius 2 is 1.92 bits per heavy atom. The minimum atomic E-state index is -0.703. The van der Waals surface area contributed by atoms with E-state index in [1.807, 2.05) is 26.0 Å². The number of carbonyl (C=O) groups is 1. The van der Waals surface area contributed by atoms with Crippen molar-refractivity contribution >= 4 is 28.9 Å². The highest BCUT2D eigenvalue weighted by Gasteiger charge is 2.34. The maximum absolute atomic E-state index is 13.5. The van der Waals surface area contributed by atoms with Gasteiger partial charge in [0.25, 0.3) is 0 Å². The lowest BCUT2D eigenvalue weighted by molar-refractivity contribution is -0.119. The van der Waals surface area contributed by atoms with Gasteiger partial charge in [-0.3, -0.25) is 4.79 Å². The van der Waals surface area contributed by atoms with Gasteiger partial charge in [-0.25, -0.2) is 4.39 Å². The molecule has 1 amide bonds. The molecule has 1 aliphatic heterocycles. The molecule has 0 aliphatic carbocycles. The average Bonchev–Trinajstić information content (AvgIpc) is 2.55. The second kappa shape index (κ2) is 5.98. The van der Waals surface area contributed by atoms with Crippen molar-refractivity contribution < 1.29 is 13.9 Å². The molecule has 2 aromatic carbocycles. The lowest BCUT2D eigenvalue weighted by Crippen LogP contribution is -2.47. The average molecular weight is 349 g/mol. The van der Waals surface area contributed by atoms with E-state index in [0.29, 0.717) is 11.4 Å². The smallest absolute Gasteiger partial charge is 0.249 e. The largest absolute Gasteiger partial charge is 0.496 e. The number of anilines is 2. The fraction of sp³-hybridized carbons (Fsp3) is 0.278. The predicted molar refractivity (Wildman–Crippen MR) is 94.3 cm³/mol. The molecule has 1 heterocycles. The molecule has 0 aromatic heterocycles. The van der Waals surface area contributed by atoms with Crippen LogP contribution in [0.25, 0.3) is 11.1 Å². The van der Waals surface area contributed by atoms with Gasteiger partial charge < -0.3 is 15.4 Å². The van der Waals surface area contributed by atoms with Crippen LogP contribution >= 0.6 is 11.6 Å². The first-order valence-corrected chi connectivity index (χ1v) is 8.06. The van der Waals surface area contributed by atoms with E-state index in [9.17, 15) is 9.18 Å². The molecule has 0 atom stereocenters. The van der Waals surface area contributed by atoms with Crippen LogP contribution in [-0.2, 0) is 10.7 Å². The highest BCUT2D eigenvalue weighted by molar-refractivity contribution is 6.19. The number of alkyl halides is 1. The monoisotopic (exact) mass is 348 g/mol. The number of amides is 1. The van der Waals surface area contributed by atoms with Gasteiger partial charge in [0.05, 0.1) is 24.4 Å². The third-order valence-electron chi connectivity index (χ3n) is 4.15. The maximum atomic E-state index is 13.5. The Morgan fingerprint density at radius 1 is 1.21 bits per heavy atom. The second-order valence-electron chi connectivity index (χ2n) is 6.20. The summed E-state index contributed by atoms with van der Waals surface area (Å²) in [6, 6.07) is 8.12. The first-order chi connectivity index (χ1) is 11.4. The van der Waals surface area contributed by atoms with E-state index < -0.39 is 5.54 Å². The van der Waals surface area contributed by atoms with Crippen LogP contribution in [0.1, 0.15) is 19.4 Å². The minimum Gasteiger partial charge on any atom is -0.496 e. The Balaban J connectivity index is 2.19. The zero-order valence-electron chi connectivity index (χ0n) is 13.7. The van der Waals surface area contributed by atoms with Crippen molar-refractivity contribution in [2.75, 3.05) is 17.7 Å². The number of nitrogens with one attached hydrogen (secondary N) is 2. The van der Waals surface area contributed by atoms with Crippen molar-refractivity contribution in [3.8, 4) is 16.9 Å². The van der Waals surface area contributed by atoms with Gasteiger partial charge in [-0.05, 0) is 37.6 Å². The second-order valence-corrected chi connectivity index (χ2v) is 6.46. The van der Waals surface area contributed by atoms with Gasteiger partial charge in [0.2, 0.25) is 5.91 Å². The number of benzene rings is 2. The van der Waals surface area contributed by atoms with E-state index in [-0.39, 0.29) is 17.6 Å². The van der Waals surface area contributed by atoms with E-state index in [1.165, 1.54) is 19.2 Å². The van der Waals surface area contributed by atoms with Crippen LogP contribution in [0.3, 0.4) is 0 Å². The summed E-state index contributed by atoms with van der Waals surface area (Å²) in [4.78, 5) is 12.3. The SMILES string of the molecule is COc1cc(F)ccc1-c1ccc2c(c1CCl)NC(=O)C(C)(C)N2. The first-order valence-electron chi connectivity index (χ1n) is 7.53. The van der Waals surface area contributed by atoms with Crippen molar-refractivity contribution in [3.63, 3.8) is 0 Å². The molecular weight excluding hydrogens is 331 g/mol. The maximum Gasteiger partial charge on any atom is 0.249 e. The van der Waals surface area contributed by atoms with Crippen LogP contribution in [0.4, 0.5) is 15.8 Å². The summed E-state index contributed by atoms with van der Waals surface area (Å²) >= 11 is 6.17. The Morgan fingerprint density at radius 3 is 2.58 bits per heavy atom. The third-order valence-corrected chi connectivity index (χ3v) is 4.42.